The summed E-state index contributed by atoms with van der Waals surface area (Å²) in [5, 5.41) is 4.05. The summed E-state index contributed by atoms with van der Waals surface area (Å²) in [6.45, 7) is 0. The maximum Gasteiger partial charge on any atom is 0.243 e. The van der Waals surface area contributed by atoms with E-state index in [1.54, 1.807) is 6.21 Å². The van der Waals surface area contributed by atoms with Crippen LogP contribution in [-0.4, -0.2) is 26.2 Å². The molecule has 2 rings (SSSR count). The second-order valence-corrected chi connectivity index (χ2v) is 5.56. The lowest BCUT2D eigenvalue weighted by atomic mass is 9.89. The van der Waals surface area contributed by atoms with E-state index in [1.165, 1.54) is 6.42 Å². The third-order valence-corrected chi connectivity index (χ3v) is 3.77. The lowest BCUT2D eigenvalue weighted by Gasteiger charge is -2.19. The van der Waals surface area contributed by atoms with Crippen molar-refractivity contribution in [1.29, 1.82) is 0 Å². The molecule has 0 aromatic heterocycles. The molecule has 20 heavy (non-hydrogen) atoms. The molecule has 0 bridgehead atoms. The number of anilines is 1. The zero-order valence-corrected chi connectivity index (χ0v) is 12.3. The van der Waals surface area contributed by atoms with E-state index in [0.29, 0.717) is 0 Å². The summed E-state index contributed by atoms with van der Waals surface area (Å²) in [4.78, 5) is 13.9. The van der Waals surface area contributed by atoms with Crippen LogP contribution < -0.4 is 10.3 Å². The van der Waals surface area contributed by atoms with Crippen LogP contribution in [0.5, 0.6) is 0 Å². The molecule has 4 nitrogen and oxygen atoms in total. The van der Waals surface area contributed by atoms with Crippen LogP contribution in [0.2, 0.25) is 0 Å². The number of nitrogens with one attached hydrogen (secondary N) is 1. The molecule has 1 aromatic rings. The first-order valence-electron chi connectivity index (χ1n) is 7.27. The molecule has 1 fully saturated rings. The highest BCUT2D eigenvalue weighted by atomic mass is 16.2. The molecular formula is C16H23N3O. The number of nitrogens with zero attached hydrogens (tertiary/aromatic N) is 2. The van der Waals surface area contributed by atoms with Gasteiger partial charge in [-0.25, -0.2) is 5.43 Å². The van der Waals surface area contributed by atoms with Crippen molar-refractivity contribution in [3.8, 4) is 0 Å². The number of benzene rings is 1. The first-order valence-corrected chi connectivity index (χ1v) is 7.27. The van der Waals surface area contributed by atoms with Gasteiger partial charge in [0.05, 0.1) is 6.21 Å². The van der Waals surface area contributed by atoms with Crippen LogP contribution in [0.25, 0.3) is 0 Å². The summed E-state index contributed by atoms with van der Waals surface area (Å²) in [5.74, 6) is 0.211. The van der Waals surface area contributed by atoms with Crippen LogP contribution in [-0.2, 0) is 4.79 Å². The Hall–Kier alpha value is -1.84. The predicted molar refractivity (Wildman–Crippen MR) is 83.1 cm³/mol. The van der Waals surface area contributed by atoms with E-state index in [1.807, 2.05) is 43.3 Å². The normalized spacial score (nSPS) is 16.3. The smallest absolute Gasteiger partial charge is 0.243 e. The van der Waals surface area contributed by atoms with Gasteiger partial charge < -0.3 is 4.90 Å². The zero-order chi connectivity index (χ0) is 14.4. The predicted octanol–water partition coefficient (Wildman–Crippen LogP) is 2.78. The van der Waals surface area contributed by atoms with Gasteiger partial charge in [-0.1, -0.05) is 31.4 Å². The minimum absolute atomic E-state index is 0.0610. The van der Waals surface area contributed by atoms with E-state index < -0.39 is 0 Å². The van der Waals surface area contributed by atoms with E-state index in [4.69, 9.17) is 0 Å². The Morgan fingerprint density at radius 3 is 2.45 bits per heavy atom. The van der Waals surface area contributed by atoms with Crippen LogP contribution in [0.4, 0.5) is 5.69 Å². The molecule has 0 spiro atoms. The van der Waals surface area contributed by atoms with Gasteiger partial charge in [-0.05, 0) is 30.5 Å². The van der Waals surface area contributed by atoms with Crippen molar-refractivity contribution in [2.24, 2.45) is 11.0 Å². The van der Waals surface area contributed by atoms with Crippen LogP contribution >= 0.6 is 0 Å². The van der Waals surface area contributed by atoms with Crippen molar-refractivity contribution in [3.05, 3.63) is 29.8 Å². The number of carbonyl (C=O) groups excluding carboxylic acids is 1. The molecule has 108 valence electrons. The van der Waals surface area contributed by atoms with Crippen molar-refractivity contribution in [2.45, 2.75) is 32.1 Å². The Labute approximate surface area is 120 Å². The molecule has 1 aliphatic rings. The van der Waals surface area contributed by atoms with Gasteiger partial charge in [0.1, 0.15) is 0 Å². The lowest BCUT2D eigenvalue weighted by Crippen LogP contribution is -2.28. The Balaban J connectivity index is 1.84. The molecule has 1 N–H and O–H groups in total. The standard InChI is InChI=1S/C16H23N3O/c1-19(2)15-10-8-13(9-11-15)12-17-18-16(20)14-6-4-3-5-7-14/h8-12,14H,3-7H2,1-2H3,(H,18,20)/b17-12-. The number of amides is 1. The van der Waals surface area contributed by atoms with Crippen molar-refractivity contribution in [3.63, 3.8) is 0 Å². The largest absolute Gasteiger partial charge is 0.378 e. The van der Waals surface area contributed by atoms with Gasteiger partial charge >= 0.3 is 0 Å². The van der Waals surface area contributed by atoms with E-state index >= 15 is 0 Å². The summed E-state index contributed by atoms with van der Waals surface area (Å²) < 4.78 is 0. The van der Waals surface area contributed by atoms with E-state index in [9.17, 15) is 4.79 Å². The topological polar surface area (TPSA) is 44.7 Å². The molecule has 4 heteroatoms. The van der Waals surface area contributed by atoms with Crippen molar-refractivity contribution < 1.29 is 4.79 Å². The Morgan fingerprint density at radius 2 is 1.85 bits per heavy atom. The third kappa shape index (κ3) is 4.08. The molecule has 1 saturated carbocycles. The van der Waals surface area contributed by atoms with Crippen LogP contribution in [0.15, 0.2) is 29.4 Å². The van der Waals surface area contributed by atoms with Gasteiger partial charge in [0.2, 0.25) is 5.91 Å². The van der Waals surface area contributed by atoms with Crippen LogP contribution in [0, 0.1) is 5.92 Å². The molecule has 1 aromatic carbocycles. The maximum atomic E-state index is 11.9. The monoisotopic (exact) mass is 273 g/mol. The molecule has 0 saturated heterocycles. The van der Waals surface area contributed by atoms with Gasteiger partial charge in [-0.15, -0.1) is 0 Å². The molecule has 0 radical (unpaired) electrons. The molecule has 1 amide bonds. The number of carbonyl (C=O) groups is 1. The second-order valence-electron chi connectivity index (χ2n) is 5.56. The summed E-state index contributed by atoms with van der Waals surface area (Å²) >= 11 is 0. The third-order valence-electron chi connectivity index (χ3n) is 3.77. The highest BCUT2D eigenvalue weighted by molar-refractivity contribution is 5.83. The second kappa shape index (κ2) is 7.08. The quantitative estimate of drug-likeness (QED) is 0.677. The summed E-state index contributed by atoms with van der Waals surface area (Å²) in [5.41, 5.74) is 4.79. The number of hydrogen-bond acceptors (Lipinski definition) is 3. The highest BCUT2D eigenvalue weighted by Crippen LogP contribution is 2.23. The number of hydrogen-bond donors (Lipinski definition) is 1. The van der Waals surface area contributed by atoms with Gasteiger partial charge in [0, 0.05) is 25.7 Å². The average Bonchev–Trinajstić information content (AvgIpc) is 2.48. The van der Waals surface area contributed by atoms with E-state index in [-0.39, 0.29) is 11.8 Å². The molecule has 0 heterocycles. The minimum Gasteiger partial charge on any atom is -0.378 e. The van der Waals surface area contributed by atoms with E-state index in [0.717, 1.165) is 36.9 Å². The highest BCUT2D eigenvalue weighted by Gasteiger charge is 2.20. The van der Waals surface area contributed by atoms with Crippen molar-refractivity contribution in [2.75, 3.05) is 19.0 Å². The SMILES string of the molecule is CN(C)c1ccc(/C=N\NC(=O)C2CCCCC2)cc1. The lowest BCUT2D eigenvalue weighted by molar-refractivity contribution is -0.125. The summed E-state index contributed by atoms with van der Waals surface area (Å²) in [7, 11) is 4.01. The summed E-state index contributed by atoms with van der Waals surface area (Å²) in [6.07, 6.45) is 7.27. The first-order chi connectivity index (χ1) is 9.66. The van der Waals surface area contributed by atoms with Gasteiger partial charge in [0.25, 0.3) is 0 Å². The average molecular weight is 273 g/mol. The van der Waals surface area contributed by atoms with Gasteiger partial charge in [-0.2, -0.15) is 5.10 Å². The minimum atomic E-state index is 0.0610. The van der Waals surface area contributed by atoms with Crippen molar-refractivity contribution in [1.82, 2.24) is 5.43 Å². The zero-order valence-electron chi connectivity index (χ0n) is 12.3. The molecular weight excluding hydrogens is 250 g/mol. The maximum absolute atomic E-state index is 11.9. The van der Waals surface area contributed by atoms with E-state index in [2.05, 4.69) is 10.5 Å². The van der Waals surface area contributed by atoms with Crippen molar-refractivity contribution >= 4 is 17.8 Å². The fourth-order valence-electron chi connectivity index (χ4n) is 2.49. The fraction of sp³-hybridized carbons (Fsp3) is 0.500. The molecule has 0 aliphatic heterocycles. The van der Waals surface area contributed by atoms with Gasteiger partial charge in [0.15, 0.2) is 0 Å². The number of hydrazone groups is 1. The number of rotatable bonds is 4. The van der Waals surface area contributed by atoms with Crippen LogP contribution in [0.3, 0.4) is 0 Å². The molecule has 0 unspecified atom stereocenters. The van der Waals surface area contributed by atoms with Gasteiger partial charge in [-0.3, -0.25) is 4.79 Å². The molecule has 0 atom stereocenters. The Morgan fingerprint density at radius 1 is 1.20 bits per heavy atom. The van der Waals surface area contributed by atoms with Crippen LogP contribution in [0.1, 0.15) is 37.7 Å². The first kappa shape index (κ1) is 14.6. The Bertz CT molecular complexity index is 459. The Kier molecular flexibility index (Phi) is 5.16. The molecule has 1 aliphatic carbocycles. The fourth-order valence-corrected chi connectivity index (χ4v) is 2.49. The summed E-state index contributed by atoms with van der Waals surface area (Å²) in [6, 6.07) is 8.05.